The fourth-order valence-corrected chi connectivity index (χ4v) is 2.68. The van der Waals surface area contributed by atoms with E-state index in [-0.39, 0.29) is 29.3 Å². The van der Waals surface area contributed by atoms with E-state index in [9.17, 15) is 14.7 Å². The van der Waals surface area contributed by atoms with Gasteiger partial charge in [0.05, 0.1) is 6.61 Å². The number of aromatic nitrogens is 1. The van der Waals surface area contributed by atoms with Crippen LogP contribution in [0.3, 0.4) is 0 Å². The van der Waals surface area contributed by atoms with Crippen molar-refractivity contribution >= 4 is 11.7 Å². The second-order valence-electron chi connectivity index (χ2n) is 5.69. The minimum atomic E-state index is -0.403. The average molecular weight is 279 g/mol. The first-order chi connectivity index (χ1) is 9.46. The third kappa shape index (κ3) is 2.85. The molecule has 1 aliphatic carbocycles. The third-order valence-electron chi connectivity index (χ3n) is 4.12. The molecule has 0 aliphatic heterocycles. The van der Waals surface area contributed by atoms with Crippen molar-refractivity contribution in [3.05, 3.63) is 28.7 Å². The van der Waals surface area contributed by atoms with E-state index >= 15 is 0 Å². The van der Waals surface area contributed by atoms with Gasteiger partial charge < -0.3 is 20.3 Å². The zero-order valence-electron chi connectivity index (χ0n) is 11.8. The van der Waals surface area contributed by atoms with Crippen molar-refractivity contribution in [1.29, 1.82) is 0 Å². The van der Waals surface area contributed by atoms with Crippen LogP contribution >= 0.6 is 0 Å². The zero-order valence-corrected chi connectivity index (χ0v) is 11.8. The number of carbonyl (C=O) groups is 1. The Morgan fingerprint density at radius 2 is 2.35 bits per heavy atom. The van der Waals surface area contributed by atoms with E-state index in [2.05, 4.69) is 10.6 Å². The number of aryl methyl sites for hydroxylation is 1. The Morgan fingerprint density at radius 3 is 3.05 bits per heavy atom. The van der Waals surface area contributed by atoms with Crippen LogP contribution in [0.5, 0.6) is 0 Å². The van der Waals surface area contributed by atoms with Gasteiger partial charge in [-0.3, -0.25) is 4.79 Å². The Labute approximate surface area is 117 Å². The quantitative estimate of drug-likeness (QED) is 0.773. The molecule has 2 amide bonds. The highest BCUT2D eigenvalue weighted by Gasteiger charge is 2.39. The predicted molar refractivity (Wildman–Crippen MR) is 76.7 cm³/mol. The van der Waals surface area contributed by atoms with E-state index in [0.717, 1.165) is 19.3 Å². The van der Waals surface area contributed by atoms with Crippen LogP contribution in [-0.2, 0) is 7.05 Å². The van der Waals surface area contributed by atoms with Gasteiger partial charge in [0.15, 0.2) is 0 Å². The zero-order chi connectivity index (χ0) is 14.8. The van der Waals surface area contributed by atoms with Gasteiger partial charge in [0.2, 0.25) is 0 Å². The molecule has 1 aliphatic rings. The first-order valence-electron chi connectivity index (χ1n) is 6.80. The highest BCUT2D eigenvalue weighted by atomic mass is 16.3. The van der Waals surface area contributed by atoms with Crippen molar-refractivity contribution in [1.82, 2.24) is 9.88 Å². The summed E-state index contributed by atoms with van der Waals surface area (Å²) in [5.74, 6) is 0. The predicted octanol–water partition coefficient (Wildman–Crippen LogP) is 1.06. The van der Waals surface area contributed by atoms with Crippen molar-refractivity contribution < 1.29 is 9.90 Å². The number of carbonyl (C=O) groups excluding carboxylic acids is 1. The van der Waals surface area contributed by atoms with Gasteiger partial charge in [-0.05, 0) is 25.0 Å². The summed E-state index contributed by atoms with van der Waals surface area (Å²) in [7, 11) is 1.63. The summed E-state index contributed by atoms with van der Waals surface area (Å²) in [6, 6.07) is 2.80. The molecule has 110 valence electrons. The Morgan fingerprint density at radius 1 is 1.60 bits per heavy atom. The molecule has 0 aromatic carbocycles. The van der Waals surface area contributed by atoms with Crippen LogP contribution in [0.15, 0.2) is 23.1 Å². The molecular formula is C14H21N3O3. The molecule has 6 heteroatoms. The highest BCUT2D eigenvalue weighted by Crippen LogP contribution is 2.37. The molecule has 1 aromatic heterocycles. The molecule has 1 aromatic rings. The maximum atomic E-state index is 12.0. The van der Waals surface area contributed by atoms with E-state index in [1.807, 2.05) is 6.92 Å². The second-order valence-corrected chi connectivity index (χ2v) is 5.69. The number of rotatable bonds is 3. The van der Waals surface area contributed by atoms with Crippen LogP contribution in [0.2, 0.25) is 0 Å². The Balaban J connectivity index is 2.03. The van der Waals surface area contributed by atoms with E-state index in [4.69, 9.17) is 0 Å². The molecule has 2 rings (SSSR count). The van der Waals surface area contributed by atoms with Crippen LogP contribution in [0, 0.1) is 5.41 Å². The van der Waals surface area contributed by atoms with E-state index in [1.165, 1.54) is 4.57 Å². The van der Waals surface area contributed by atoms with Gasteiger partial charge in [-0.25, -0.2) is 4.79 Å². The van der Waals surface area contributed by atoms with Crippen molar-refractivity contribution in [2.45, 2.75) is 32.2 Å². The Kier molecular flexibility index (Phi) is 4.13. The number of aliphatic hydroxyl groups excluding tert-OH is 1. The minimum Gasteiger partial charge on any atom is -0.396 e. The molecule has 1 heterocycles. The molecule has 0 radical (unpaired) electrons. The number of nitrogens with zero attached hydrogens (tertiary/aromatic N) is 1. The van der Waals surface area contributed by atoms with Gasteiger partial charge in [0.1, 0.15) is 5.69 Å². The Bertz CT molecular complexity index is 555. The van der Waals surface area contributed by atoms with E-state index in [0.29, 0.717) is 0 Å². The van der Waals surface area contributed by atoms with Crippen LogP contribution < -0.4 is 16.2 Å². The molecule has 3 N–H and O–H groups in total. The monoisotopic (exact) mass is 279 g/mol. The van der Waals surface area contributed by atoms with Crippen molar-refractivity contribution in [2.24, 2.45) is 12.5 Å². The first-order valence-corrected chi connectivity index (χ1v) is 6.80. The topological polar surface area (TPSA) is 83.4 Å². The number of urea groups is 1. The molecule has 2 unspecified atom stereocenters. The molecule has 1 fully saturated rings. The number of anilines is 1. The lowest BCUT2D eigenvalue weighted by atomic mass is 9.86. The SMILES string of the molecule is Cn1cccc(NC(=O)NC2CCCC2(C)CO)c1=O. The molecule has 6 nitrogen and oxygen atoms in total. The Hall–Kier alpha value is -1.82. The van der Waals surface area contributed by atoms with Gasteiger partial charge in [0.25, 0.3) is 5.56 Å². The summed E-state index contributed by atoms with van der Waals surface area (Å²) in [6.07, 6.45) is 4.35. The van der Waals surface area contributed by atoms with Gasteiger partial charge in [0, 0.05) is 24.7 Å². The molecular weight excluding hydrogens is 258 g/mol. The summed E-state index contributed by atoms with van der Waals surface area (Å²) in [6.45, 7) is 2.01. The van der Waals surface area contributed by atoms with Crippen LogP contribution in [0.1, 0.15) is 26.2 Å². The average Bonchev–Trinajstić information content (AvgIpc) is 2.77. The largest absolute Gasteiger partial charge is 0.396 e. The lowest BCUT2D eigenvalue weighted by Crippen LogP contribution is -2.46. The van der Waals surface area contributed by atoms with Crippen molar-refractivity contribution in [2.75, 3.05) is 11.9 Å². The molecule has 1 saturated carbocycles. The van der Waals surface area contributed by atoms with Crippen LogP contribution in [0.4, 0.5) is 10.5 Å². The van der Waals surface area contributed by atoms with Gasteiger partial charge in [-0.1, -0.05) is 13.3 Å². The molecule has 0 spiro atoms. The standard InChI is InChI=1S/C14H21N3O3/c1-14(9-18)7-3-6-11(14)16-13(20)15-10-5-4-8-17(2)12(10)19/h4-5,8,11,18H,3,6-7,9H2,1-2H3,(H2,15,16,20). The van der Waals surface area contributed by atoms with E-state index < -0.39 is 6.03 Å². The van der Waals surface area contributed by atoms with Crippen LogP contribution in [-0.4, -0.2) is 28.4 Å². The highest BCUT2D eigenvalue weighted by molar-refractivity contribution is 5.89. The first kappa shape index (κ1) is 14.6. The third-order valence-corrected chi connectivity index (χ3v) is 4.12. The number of aliphatic hydroxyl groups is 1. The number of pyridine rings is 1. The second kappa shape index (κ2) is 5.66. The number of hydrogen-bond acceptors (Lipinski definition) is 3. The molecule has 0 bridgehead atoms. The summed E-state index contributed by atoms with van der Waals surface area (Å²) in [5, 5.41) is 14.9. The number of amides is 2. The van der Waals surface area contributed by atoms with Crippen molar-refractivity contribution in [3.63, 3.8) is 0 Å². The molecule has 20 heavy (non-hydrogen) atoms. The molecule has 2 atom stereocenters. The lowest BCUT2D eigenvalue weighted by molar-refractivity contribution is 0.122. The lowest BCUT2D eigenvalue weighted by Gasteiger charge is -2.30. The normalized spacial score (nSPS) is 25.4. The van der Waals surface area contributed by atoms with Crippen LogP contribution in [0.25, 0.3) is 0 Å². The maximum Gasteiger partial charge on any atom is 0.319 e. The summed E-state index contributed by atoms with van der Waals surface area (Å²) < 4.78 is 1.41. The maximum absolute atomic E-state index is 12.0. The van der Waals surface area contributed by atoms with E-state index in [1.54, 1.807) is 25.4 Å². The summed E-state index contributed by atoms with van der Waals surface area (Å²) in [5.41, 5.74) is -0.283. The summed E-state index contributed by atoms with van der Waals surface area (Å²) in [4.78, 5) is 23.8. The molecule has 0 saturated heterocycles. The summed E-state index contributed by atoms with van der Waals surface area (Å²) >= 11 is 0. The fourth-order valence-electron chi connectivity index (χ4n) is 2.68. The van der Waals surface area contributed by atoms with Gasteiger partial charge in [-0.15, -0.1) is 0 Å². The van der Waals surface area contributed by atoms with Crippen molar-refractivity contribution in [3.8, 4) is 0 Å². The fraction of sp³-hybridized carbons (Fsp3) is 0.571. The van der Waals surface area contributed by atoms with Gasteiger partial charge in [-0.2, -0.15) is 0 Å². The smallest absolute Gasteiger partial charge is 0.319 e. The minimum absolute atomic E-state index is 0.0467. The number of nitrogens with one attached hydrogen (secondary N) is 2. The number of hydrogen-bond donors (Lipinski definition) is 3. The van der Waals surface area contributed by atoms with Gasteiger partial charge >= 0.3 is 6.03 Å².